The monoisotopic (exact) mass is 439 g/mol. The van der Waals surface area contributed by atoms with Crippen molar-refractivity contribution in [1.82, 2.24) is 20.1 Å². The van der Waals surface area contributed by atoms with Gasteiger partial charge < -0.3 is 10.2 Å². The third-order valence-corrected chi connectivity index (χ3v) is 6.17. The number of carbonyl (C=O) groups is 1. The smallest absolute Gasteiger partial charge is 0.365 e. The fourth-order valence-electron chi connectivity index (χ4n) is 4.74. The van der Waals surface area contributed by atoms with Gasteiger partial charge in [0.2, 0.25) is 0 Å². The van der Waals surface area contributed by atoms with Crippen LogP contribution < -0.4 is 5.32 Å². The molecule has 1 saturated carbocycles. The lowest BCUT2D eigenvalue weighted by Crippen LogP contribution is -2.47. The number of anilines is 1. The number of likely N-dealkylation sites (tertiary alicyclic amines) is 1. The molecule has 1 amide bonds. The Morgan fingerprint density at radius 3 is 2.59 bits per heavy atom. The van der Waals surface area contributed by atoms with Crippen molar-refractivity contribution in [3.8, 4) is 11.3 Å². The Morgan fingerprint density at radius 2 is 1.91 bits per heavy atom. The Bertz CT molecular complexity index is 1120. The first-order valence-corrected chi connectivity index (χ1v) is 10.4. The molecule has 5 rings (SSSR count). The maximum absolute atomic E-state index is 13.5. The molecule has 164 valence electrons. The molecule has 1 saturated heterocycles. The summed E-state index contributed by atoms with van der Waals surface area (Å²) in [5.41, 5.74) is 1.13. The van der Waals surface area contributed by atoms with Crippen LogP contribution >= 0.6 is 0 Å². The van der Waals surface area contributed by atoms with Crippen molar-refractivity contribution in [1.29, 1.82) is 0 Å². The Labute approximate surface area is 182 Å². The molecular weight excluding hydrogens is 419 g/mol. The average Bonchev–Trinajstić information content (AvgIpc) is 3.40. The van der Waals surface area contributed by atoms with Crippen molar-refractivity contribution < 1.29 is 18.0 Å². The quantitative estimate of drug-likeness (QED) is 0.657. The van der Waals surface area contributed by atoms with Crippen LogP contribution in [0.3, 0.4) is 0 Å². The molecule has 9 heteroatoms. The van der Waals surface area contributed by atoms with Gasteiger partial charge in [-0.1, -0.05) is 18.2 Å². The number of carbonyl (C=O) groups excluding carboxylic acids is 1. The van der Waals surface area contributed by atoms with Gasteiger partial charge in [-0.15, -0.1) is 0 Å². The van der Waals surface area contributed by atoms with Gasteiger partial charge in [0.1, 0.15) is 5.82 Å². The highest BCUT2D eigenvalue weighted by atomic mass is 19.4. The molecule has 1 aliphatic carbocycles. The number of hydrogen-bond acceptors (Lipinski definition) is 5. The summed E-state index contributed by atoms with van der Waals surface area (Å²) in [7, 11) is 0. The van der Waals surface area contributed by atoms with E-state index in [4.69, 9.17) is 0 Å². The molecule has 2 fully saturated rings. The summed E-state index contributed by atoms with van der Waals surface area (Å²) in [6.07, 6.45) is -0.299. The summed E-state index contributed by atoms with van der Waals surface area (Å²) in [6.45, 7) is 0.664. The maximum atomic E-state index is 13.5. The van der Waals surface area contributed by atoms with Crippen LogP contribution in [-0.4, -0.2) is 44.6 Å². The average molecular weight is 439 g/mol. The molecule has 0 radical (unpaired) electrons. The van der Waals surface area contributed by atoms with E-state index in [1.54, 1.807) is 18.3 Å². The lowest BCUT2D eigenvalue weighted by Gasteiger charge is -2.34. The molecule has 0 unspecified atom stereocenters. The highest BCUT2D eigenvalue weighted by Crippen LogP contribution is 2.40. The van der Waals surface area contributed by atoms with E-state index in [0.717, 1.165) is 30.7 Å². The summed E-state index contributed by atoms with van der Waals surface area (Å²) in [4.78, 5) is 19.3. The van der Waals surface area contributed by atoms with Gasteiger partial charge in [-0.05, 0) is 49.1 Å². The molecule has 2 aromatic heterocycles. The number of benzene rings is 1. The molecule has 6 nitrogen and oxygen atoms in total. The molecule has 32 heavy (non-hydrogen) atoms. The van der Waals surface area contributed by atoms with Gasteiger partial charge in [0, 0.05) is 36.1 Å². The van der Waals surface area contributed by atoms with Gasteiger partial charge >= 0.3 is 6.18 Å². The minimum Gasteiger partial charge on any atom is -0.365 e. The Hall–Kier alpha value is -3.49. The normalized spacial score (nSPS) is 22.2. The van der Waals surface area contributed by atoms with Gasteiger partial charge in [0.05, 0.1) is 17.3 Å². The molecule has 2 bridgehead atoms. The number of piperidine rings is 1. The minimum absolute atomic E-state index is 0.0495. The number of hydrogen-bond donors (Lipinski definition) is 1. The highest BCUT2D eigenvalue weighted by Gasteiger charge is 2.47. The number of amides is 1. The number of aromatic nitrogens is 3. The van der Waals surface area contributed by atoms with Crippen molar-refractivity contribution in [2.75, 3.05) is 11.9 Å². The Balaban J connectivity index is 1.35. The molecule has 1 N–H and O–H groups in total. The predicted molar refractivity (Wildman–Crippen MR) is 112 cm³/mol. The number of halogens is 3. The Morgan fingerprint density at radius 1 is 1.06 bits per heavy atom. The fourth-order valence-corrected chi connectivity index (χ4v) is 4.74. The van der Waals surface area contributed by atoms with Gasteiger partial charge in [-0.25, -0.2) is 4.98 Å². The Kier molecular flexibility index (Phi) is 5.03. The molecule has 3 aromatic rings. The number of alkyl halides is 3. The number of nitrogens with zero attached hydrogens (tertiary/aromatic N) is 4. The van der Waals surface area contributed by atoms with Crippen molar-refractivity contribution in [2.45, 2.75) is 31.1 Å². The van der Waals surface area contributed by atoms with Crippen LogP contribution in [0.2, 0.25) is 0 Å². The second-order valence-electron chi connectivity index (χ2n) is 8.20. The third kappa shape index (κ3) is 3.79. The predicted octanol–water partition coefficient (Wildman–Crippen LogP) is 4.27. The molecule has 3 heterocycles. The standard InChI is InChI=1S/C23H20F3N5O/c24-23(25,26)15-7-8-21(27-12-15)29-19-10-14-11-20(19)31(13-14)22(32)17-5-2-1-4-16(17)18-6-3-9-28-30-18/h1-9,12,14,19-20H,10-11,13H2,(H,27,29)/t14-,19-,20+/m1/s1. The lowest BCUT2D eigenvalue weighted by atomic mass is 10.0. The second-order valence-corrected chi connectivity index (χ2v) is 8.20. The topological polar surface area (TPSA) is 71.0 Å². The van der Waals surface area contributed by atoms with Crippen LogP contribution in [0, 0.1) is 5.92 Å². The molecule has 3 atom stereocenters. The van der Waals surface area contributed by atoms with E-state index in [-0.39, 0.29) is 18.0 Å². The summed E-state index contributed by atoms with van der Waals surface area (Å²) >= 11 is 0. The molecule has 2 aliphatic rings. The zero-order valence-electron chi connectivity index (χ0n) is 17.0. The van der Waals surface area contributed by atoms with Crippen molar-refractivity contribution >= 4 is 11.7 Å². The SMILES string of the molecule is O=C(c1ccccc1-c1cccnn1)N1C[C@@H]2C[C@@H](Nc3ccc(C(F)(F)F)cn3)[C@@H]1C2. The summed E-state index contributed by atoms with van der Waals surface area (Å²) in [6, 6.07) is 13.2. The first-order valence-electron chi connectivity index (χ1n) is 10.4. The summed E-state index contributed by atoms with van der Waals surface area (Å²) in [5.74, 6) is 0.646. The van der Waals surface area contributed by atoms with E-state index in [9.17, 15) is 18.0 Å². The van der Waals surface area contributed by atoms with Crippen LogP contribution in [-0.2, 0) is 6.18 Å². The fraction of sp³-hybridized carbons (Fsp3) is 0.304. The number of pyridine rings is 1. The molecule has 1 aliphatic heterocycles. The summed E-state index contributed by atoms with van der Waals surface area (Å²) < 4.78 is 38.4. The van der Waals surface area contributed by atoms with Crippen molar-refractivity contribution in [3.63, 3.8) is 0 Å². The van der Waals surface area contributed by atoms with E-state index in [1.807, 2.05) is 29.2 Å². The van der Waals surface area contributed by atoms with Crippen LogP contribution in [0.5, 0.6) is 0 Å². The van der Waals surface area contributed by atoms with E-state index in [2.05, 4.69) is 20.5 Å². The zero-order chi connectivity index (χ0) is 22.3. The van der Waals surface area contributed by atoms with Crippen molar-refractivity contribution in [3.05, 3.63) is 72.1 Å². The van der Waals surface area contributed by atoms with Gasteiger partial charge in [-0.2, -0.15) is 23.4 Å². The number of nitrogens with one attached hydrogen (secondary N) is 1. The minimum atomic E-state index is -4.42. The third-order valence-electron chi connectivity index (χ3n) is 6.17. The first-order chi connectivity index (χ1) is 15.4. The van der Waals surface area contributed by atoms with E-state index in [1.165, 1.54) is 6.07 Å². The molecular formula is C23H20F3N5O. The van der Waals surface area contributed by atoms with Crippen LogP contribution in [0.15, 0.2) is 60.9 Å². The highest BCUT2D eigenvalue weighted by molar-refractivity contribution is 6.00. The second kappa shape index (κ2) is 7.89. The van der Waals surface area contributed by atoms with E-state index < -0.39 is 11.7 Å². The zero-order valence-corrected chi connectivity index (χ0v) is 17.0. The van der Waals surface area contributed by atoms with Gasteiger partial charge in [0.25, 0.3) is 5.91 Å². The molecule has 0 spiro atoms. The molecule has 1 aromatic carbocycles. The van der Waals surface area contributed by atoms with Gasteiger partial charge in [-0.3, -0.25) is 4.79 Å². The van der Waals surface area contributed by atoms with Crippen LogP contribution in [0.1, 0.15) is 28.8 Å². The van der Waals surface area contributed by atoms with E-state index >= 15 is 0 Å². The largest absolute Gasteiger partial charge is 0.417 e. The number of rotatable bonds is 4. The summed E-state index contributed by atoms with van der Waals surface area (Å²) in [5, 5.41) is 11.3. The van der Waals surface area contributed by atoms with Crippen molar-refractivity contribution in [2.24, 2.45) is 5.92 Å². The van der Waals surface area contributed by atoms with E-state index in [0.29, 0.717) is 29.5 Å². The van der Waals surface area contributed by atoms with Gasteiger partial charge in [0.15, 0.2) is 0 Å². The van der Waals surface area contributed by atoms with Crippen LogP contribution in [0.4, 0.5) is 19.0 Å². The number of fused-ring (bicyclic) bond motifs is 2. The first kappa shape index (κ1) is 20.4. The maximum Gasteiger partial charge on any atom is 0.417 e. The van der Waals surface area contributed by atoms with Crippen LogP contribution in [0.25, 0.3) is 11.3 Å². The lowest BCUT2D eigenvalue weighted by molar-refractivity contribution is -0.137.